The number of rotatable bonds is 10. The molecule has 0 unspecified atom stereocenters. The van der Waals surface area contributed by atoms with Gasteiger partial charge in [-0.15, -0.1) is 11.8 Å². The van der Waals surface area contributed by atoms with Gasteiger partial charge in [0, 0.05) is 23.0 Å². The Kier molecular flexibility index (Phi) is 8.60. The zero-order valence-electron chi connectivity index (χ0n) is 22.1. The van der Waals surface area contributed by atoms with E-state index in [2.05, 4.69) is 36.4 Å². The van der Waals surface area contributed by atoms with Crippen LogP contribution in [-0.2, 0) is 19.9 Å². The molecule has 5 rings (SSSR count). The molecule has 4 aromatic carbocycles. The quantitative estimate of drug-likeness (QED) is 0.161. The van der Waals surface area contributed by atoms with Crippen molar-refractivity contribution in [3.63, 3.8) is 0 Å². The zero-order valence-corrected chi connectivity index (χ0v) is 22.9. The van der Waals surface area contributed by atoms with E-state index >= 15 is 0 Å². The first-order valence-corrected chi connectivity index (χ1v) is 14.3. The predicted molar refractivity (Wildman–Crippen MR) is 156 cm³/mol. The van der Waals surface area contributed by atoms with Crippen molar-refractivity contribution in [2.75, 3.05) is 6.61 Å². The second-order valence-corrected chi connectivity index (χ2v) is 11.4. The summed E-state index contributed by atoms with van der Waals surface area (Å²) in [6, 6.07) is 40.3. The van der Waals surface area contributed by atoms with Gasteiger partial charge in [-0.05, 0) is 35.2 Å². The lowest BCUT2D eigenvalue weighted by molar-refractivity contribution is -0.145. The third kappa shape index (κ3) is 6.00. The Hall–Kier alpha value is -3.67. The molecule has 0 saturated carbocycles. The summed E-state index contributed by atoms with van der Waals surface area (Å²) in [5.41, 5.74) is 2.10. The number of ether oxygens (including phenoxy) is 1. The summed E-state index contributed by atoms with van der Waals surface area (Å²) in [6.07, 6.45) is 1.25. The van der Waals surface area contributed by atoms with Gasteiger partial charge in [-0.3, -0.25) is 14.5 Å². The number of likely N-dealkylation sites (tertiary alicyclic amines) is 1. The standard InChI is InChI=1S/C34H33NO3S/c1-26(39-31-20-12-5-13-21-31)24-33(37)35-30(22-23-32(35)36)25-38-34(27-14-6-2-7-15-27,28-16-8-3-9-17-28)29-18-10-4-11-19-29/h2-21,26,30H,22-25H2,1H3/t26-,30-/m0/s1. The molecule has 0 aliphatic carbocycles. The van der Waals surface area contributed by atoms with Crippen LogP contribution in [-0.4, -0.2) is 34.6 Å². The smallest absolute Gasteiger partial charge is 0.230 e. The fraction of sp³-hybridized carbons (Fsp3) is 0.235. The van der Waals surface area contributed by atoms with Crippen LogP contribution in [0.15, 0.2) is 126 Å². The molecule has 1 heterocycles. The summed E-state index contributed by atoms with van der Waals surface area (Å²) in [7, 11) is 0. The van der Waals surface area contributed by atoms with E-state index in [1.807, 2.05) is 91.9 Å². The highest BCUT2D eigenvalue weighted by Gasteiger charge is 2.42. The van der Waals surface area contributed by atoms with E-state index in [1.165, 1.54) is 4.90 Å². The van der Waals surface area contributed by atoms with Gasteiger partial charge in [0.1, 0.15) is 5.60 Å². The molecule has 0 bridgehead atoms. The number of hydrogen-bond acceptors (Lipinski definition) is 4. The van der Waals surface area contributed by atoms with Crippen LogP contribution in [0.4, 0.5) is 0 Å². The van der Waals surface area contributed by atoms with E-state index in [0.29, 0.717) is 19.3 Å². The lowest BCUT2D eigenvalue weighted by atomic mass is 9.80. The van der Waals surface area contributed by atoms with Crippen molar-refractivity contribution >= 4 is 23.6 Å². The maximum atomic E-state index is 13.4. The van der Waals surface area contributed by atoms with Gasteiger partial charge in [-0.25, -0.2) is 0 Å². The SMILES string of the molecule is C[C@@H](CC(=O)N1C(=O)CC[C@H]1COC(c1ccccc1)(c1ccccc1)c1ccccc1)Sc1ccccc1. The molecular formula is C34H33NO3S. The molecule has 2 amide bonds. The van der Waals surface area contributed by atoms with E-state index < -0.39 is 5.60 Å². The number of amides is 2. The Morgan fingerprint density at radius 2 is 1.28 bits per heavy atom. The van der Waals surface area contributed by atoms with Crippen molar-refractivity contribution in [2.45, 2.75) is 48.0 Å². The molecule has 0 aromatic heterocycles. The minimum Gasteiger partial charge on any atom is -0.359 e. The van der Waals surface area contributed by atoms with E-state index in [9.17, 15) is 9.59 Å². The molecule has 4 aromatic rings. The minimum absolute atomic E-state index is 0.0481. The second-order valence-electron chi connectivity index (χ2n) is 9.89. The van der Waals surface area contributed by atoms with Crippen LogP contribution in [0, 0.1) is 0 Å². The number of imide groups is 1. The highest BCUT2D eigenvalue weighted by atomic mass is 32.2. The van der Waals surface area contributed by atoms with E-state index in [-0.39, 0.29) is 29.7 Å². The average molecular weight is 536 g/mol. The van der Waals surface area contributed by atoms with Crippen LogP contribution in [0.2, 0.25) is 0 Å². The molecular weight excluding hydrogens is 502 g/mol. The first kappa shape index (κ1) is 26.9. The molecule has 1 fully saturated rings. The molecule has 2 atom stereocenters. The van der Waals surface area contributed by atoms with Crippen molar-refractivity contribution in [2.24, 2.45) is 0 Å². The van der Waals surface area contributed by atoms with Gasteiger partial charge in [0.25, 0.3) is 0 Å². The maximum Gasteiger partial charge on any atom is 0.230 e. The summed E-state index contributed by atoms with van der Waals surface area (Å²) in [5, 5.41) is 0.0481. The number of nitrogens with zero attached hydrogens (tertiary/aromatic N) is 1. The largest absolute Gasteiger partial charge is 0.359 e. The van der Waals surface area contributed by atoms with Crippen molar-refractivity contribution in [3.8, 4) is 0 Å². The van der Waals surface area contributed by atoms with Gasteiger partial charge in [0.05, 0.1) is 12.6 Å². The molecule has 1 aliphatic heterocycles. The Balaban J connectivity index is 1.41. The zero-order chi connectivity index (χ0) is 27.1. The minimum atomic E-state index is -0.888. The molecule has 0 N–H and O–H groups in total. The van der Waals surface area contributed by atoms with Gasteiger partial charge in [0.15, 0.2) is 0 Å². The van der Waals surface area contributed by atoms with Crippen LogP contribution < -0.4 is 0 Å². The summed E-state index contributed by atoms with van der Waals surface area (Å²) in [5.74, 6) is -0.248. The lowest BCUT2D eigenvalue weighted by Crippen LogP contribution is -2.44. The third-order valence-electron chi connectivity index (χ3n) is 7.17. The third-order valence-corrected chi connectivity index (χ3v) is 8.28. The Labute approximate surface area is 235 Å². The van der Waals surface area contributed by atoms with Crippen LogP contribution in [0.25, 0.3) is 0 Å². The molecule has 0 spiro atoms. The summed E-state index contributed by atoms with van der Waals surface area (Å²) < 4.78 is 6.95. The van der Waals surface area contributed by atoms with E-state index in [4.69, 9.17) is 4.74 Å². The van der Waals surface area contributed by atoms with Crippen molar-refractivity contribution in [1.82, 2.24) is 4.90 Å². The molecule has 1 aliphatic rings. The number of thioether (sulfide) groups is 1. The van der Waals surface area contributed by atoms with E-state index in [1.54, 1.807) is 11.8 Å². The van der Waals surface area contributed by atoms with E-state index in [0.717, 1.165) is 21.6 Å². The Bertz CT molecular complexity index is 1270. The van der Waals surface area contributed by atoms with Crippen molar-refractivity contribution in [3.05, 3.63) is 138 Å². The van der Waals surface area contributed by atoms with Crippen LogP contribution in [0.3, 0.4) is 0 Å². The Morgan fingerprint density at radius 3 is 1.77 bits per heavy atom. The fourth-order valence-corrected chi connectivity index (χ4v) is 6.36. The summed E-state index contributed by atoms with van der Waals surface area (Å²) in [4.78, 5) is 29.0. The molecule has 39 heavy (non-hydrogen) atoms. The van der Waals surface area contributed by atoms with Crippen molar-refractivity contribution < 1.29 is 14.3 Å². The molecule has 198 valence electrons. The highest BCUT2D eigenvalue weighted by molar-refractivity contribution is 8.00. The highest BCUT2D eigenvalue weighted by Crippen LogP contribution is 2.41. The summed E-state index contributed by atoms with van der Waals surface area (Å²) >= 11 is 1.65. The lowest BCUT2D eigenvalue weighted by Gasteiger charge is -2.37. The van der Waals surface area contributed by atoms with Crippen LogP contribution in [0.1, 0.15) is 42.9 Å². The van der Waals surface area contributed by atoms with Gasteiger partial charge >= 0.3 is 0 Å². The number of carbonyl (C=O) groups excluding carboxylic acids is 2. The summed E-state index contributed by atoms with van der Waals surface area (Å²) in [6.45, 7) is 2.28. The van der Waals surface area contributed by atoms with Gasteiger partial charge in [-0.1, -0.05) is 116 Å². The number of carbonyl (C=O) groups is 2. The monoisotopic (exact) mass is 535 g/mol. The average Bonchev–Trinajstić information content (AvgIpc) is 3.36. The topological polar surface area (TPSA) is 46.6 Å². The molecule has 0 radical (unpaired) electrons. The molecule has 1 saturated heterocycles. The van der Waals surface area contributed by atoms with Crippen molar-refractivity contribution in [1.29, 1.82) is 0 Å². The fourth-order valence-electron chi connectivity index (χ4n) is 5.35. The molecule has 4 nitrogen and oxygen atoms in total. The Morgan fingerprint density at radius 1 is 0.821 bits per heavy atom. The number of benzene rings is 4. The van der Waals surface area contributed by atoms with Gasteiger partial charge in [-0.2, -0.15) is 0 Å². The maximum absolute atomic E-state index is 13.4. The second kappa shape index (κ2) is 12.5. The van der Waals surface area contributed by atoms with Gasteiger partial charge < -0.3 is 4.74 Å². The normalized spacial score (nSPS) is 16.3. The predicted octanol–water partition coefficient (Wildman–Crippen LogP) is 7.08. The van der Waals surface area contributed by atoms with Crippen LogP contribution >= 0.6 is 11.8 Å². The first-order valence-electron chi connectivity index (χ1n) is 13.4. The molecule has 5 heteroatoms. The first-order chi connectivity index (χ1) is 19.1. The van der Waals surface area contributed by atoms with Gasteiger partial charge in [0.2, 0.25) is 11.8 Å². The number of hydrogen-bond donors (Lipinski definition) is 0. The van der Waals surface area contributed by atoms with Crippen LogP contribution in [0.5, 0.6) is 0 Å².